The molecular formula is C20H20N4O5. The van der Waals surface area contributed by atoms with Crippen molar-refractivity contribution in [3.8, 4) is 11.1 Å². The van der Waals surface area contributed by atoms with Crippen molar-refractivity contribution in [1.29, 1.82) is 0 Å². The lowest BCUT2D eigenvalue weighted by Crippen LogP contribution is -2.27. The van der Waals surface area contributed by atoms with Crippen LogP contribution < -0.4 is 10.6 Å². The normalized spacial score (nSPS) is 11.2. The monoisotopic (exact) mass is 396 g/mol. The Morgan fingerprint density at radius 1 is 1.14 bits per heavy atom. The maximum Gasteiger partial charge on any atom is 0.414 e. The first-order valence-corrected chi connectivity index (χ1v) is 8.78. The Kier molecular flexibility index (Phi) is 5.31. The summed E-state index contributed by atoms with van der Waals surface area (Å²) in [5.74, 6) is -0.327. The minimum atomic E-state index is -0.742. The van der Waals surface area contributed by atoms with Crippen molar-refractivity contribution < 1.29 is 23.5 Å². The second-order valence-corrected chi connectivity index (χ2v) is 7.17. The molecular weight excluding hydrogens is 376 g/mol. The van der Waals surface area contributed by atoms with E-state index < -0.39 is 11.7 Å². The Bertz CT molecular complexity index is 1080. The third-order valence-corrected chi connectivity index (χ3v) is 3.85. The minimum Gasteiger partial charge on any atom is -0.444 e. The number of carbonyl (C=O) groups is 3. The molecule has 0 fully saturated rings. The zero-order chi connectivity index (χ0) is 21.2. The van der Waals surface area contributed by atoms with Crippen LogP contribution in [0.4, 0.5) is 10.7 Å². The van der Waals surface area contributed by atoms with Crippen molar-refractivity contribution in [1.82, 2.24) is 15.3 Å². The van der Waals surface area contributed by atoms with Crippen LogP contribution in [-0.2, 0) is 4.74 Å². The van der Waals surface area contributed by atoms with Gasteiger partial charge in [-0.15, -0.1) is 0 Å². The first-order chi connectivity index (χ1) is 13.7. The third kappa shape index (κ3) is 4.40. The van der Waals surface area contributed by atoms with Gasteiger partial charge in [0.1, 0.15) is 22.4 Å². The molecule has 9 heteroatoms. The zero-order valence-corrected chi connectivity index (χ0v) is 16.4. The number of pyridine rings is 2. The van der Waals surface area contributed by atoms with Crippen LogP contribution in [0.5, 0.6) is 0 Å². The molecule has 2 amide bonds. The lowest BCUT2D eigenvalue weighted by molar-refractivity contribution is 0.0632. The van der Waals surface area contributed by atoms with Crippen LogP contribution in [0.2, 0.25) is 0 Å². The molecule has 150 valence electrons. The molecule has 0 spiro atoms. The van der Waals surface area contributed by atoms with Gasteiger partial charge in [0, 0.05) is 30.6 Å². The topological polar surface area (TPSA) is 123 Å². The number of carbonyl (C=O) groups excluding carboxylic acids is 3. The van der Waals surface area contributed by atoms with Gasteiger partial charge in [0.25, 0.3) is 5.91 Å². The van der Waals surface area contributed by atoms with Crippen LogP contribution >= 0.6 is 0 Å². The highest BCUT2D eigenvalue weighted by molar-refractivity contribution is 6.03. The van der Waals surface area contributed by atoms with Gasteiger partial charge in [0.15, 0.2) is 11.9 Å². The molecule has 0 unspecified atom stereocenters. The summed E-state index contributed by atoms with van der Waals surface area (Å²) in [4.78, 5) is 43.5. The lowest BCUT2D eigenvalue weighted by Gasteiger charge is -2.19. The number of fused-ring (bicyclic) bond motifs is 1. The van der Waals surface area contributed by atoms with Crippen molar-refractivity contribution >= 4 is 35.3 Å². The first kappa shape index (κ1) is 20.0. The van der Waals surface area contributed by atoms with Gasteiger partial charge in [-0.25, -0.2) is 4.79 Å². The molecule has 0 saturated carbocycles. The summed E-state index contributed by atoms with van der Waals surface area (Å²) in [6, 6.07) is 4.99. The number of hydrogen-bond donors (Lipinski definition) is 2. The highest BCUT2D eigenvalue weighted by Crippen LogP contribution is 2.30. The minimum absolute atomic E-state index is 0.0398. The number of nitrogens with zero attached hydrogens (tertiary/aromatic N) is 2. The van der Waals surface area contributed by atoms with E-state index in [1.54, 1.807) is 45.2 Å². The summed E-state index contributed by atoms with van der Waals surface area (Å²) in [5, 5.41) is 4.94. The lowest BCUT2D eigenvalue weighted by atomic mass is 10.1. The van der Waals surface area contributed by atoms with E-state index >= 15 is 0 Å². The molecule has 0 atom stereocenters. The molecule has 0 radical (unpaired) electrons. The molecule has 0 bridgehead atoms. The second-order valence-electron chi connectivity index (χ2n) is 7.17. The highest BCUT2D eigenvalue weighted by atomic mass is 16.6. The number of rotatable bonds is 4. The Morgan fingerprint density at radius 3 is 2.45 bits per heavy atom. The Balaban J connectivity index is 1.93. The zero-order valence-electron chi connectivity index (χ0n) is 16.4. The number of anilines is 1. The van der Waals surface area contributed by atoms with Crippen molar-refractivity contribution in [2.24, 2.45) is 0 Å². The fraction of sp³-hybridized carbons (Fsp3) is 0.250. The number of amides is 2. The van der Waals surface area contributed by atoms with Crippen LogP contribution in [-0.4, -0.2) is 40.9 Å². The van der Waals surface area contributed by atoms with Gasteiger partial charge >= 0.3 is 6.09 Å². The van der Waals surface area contributed by atoms with Crippen molar-refractivity contribution in [3.05, 3.63) is 41.9 Å². The smallest absolute Gasteiger partial charge is 0.414 e. The van der Waals surface area contributed by atoms with Gasteiger partial charge in [0.05, 0.1) is 0 Å². The fourth-order valence-corrected chi connectivity index (χ4v) is 2.58. The number of furan rings is 1. The molecule has 29 heavy (non-hydrogen) atoms. The number of nitrogens with one attached hydrogen (secondary N) is 2. The van der Waals surface area contributed by atoms with Gasteiger partial charge in [-0.2, -0.15) is 0 Å². The molecule has 0 saturated heterocycles. The molecule has 3 aromatic rings. The summed E-state index contributed by atoms with van der Waals surface area (Å²) in [5.41, 5.74) is 1.70. The third-order valence-electron chi connectivity index (χ3n) is 3.85. The van der Waals surface area contributed by atoms with E-state index in [4.69, 9.17) is 9.15 Å². The average molecular weight is 396 g/mol. The summed E-state index contributed by atoms with van der Waals surface area (Å²) in [7, 11) is 1.53. The SMILES string of the molecule is CNC(=O)c1ccc(-c2cnc3c(C=O)c(NC(=O)OC(C)(C)C)oc3c2)cn1. The summed E-state index contributed by atoms with van der Waals surface area (Å²) >= 11 is 0. The molecule has 3 heterocycles. The molecule has 3 aromatic heterocycles. The van der Waals surface area contributed by atoms with E-state index in [1.165, 1.54) is 13.2 Å². The summed E-state index contributed by atoms with van der Waals surface area (Å²) in [6.07, 6.45) is 2.91. The largest absolute Gasteiger partial charge is 0.444 e. The van der Waals surface area contributed by atoms with E-state index in [2.05, 4.69) is 20.6 Å². The predicted molar refractivity (Wildman–Crippen MR) is 106 cm³/mol. The molecule has 0 aliphatic heterocycles. The standard InChI is InChI=1S/C20H20N4O5/c1-20(2,3)29-19(27)24-18-13(10-25)16-15(28-18)7-12(9-23-16)11-5-6-14(22-8-11)17(26)21-4/h5-10H,1-4H3,(H,21,26)(H,24,27). The van der Waals surface area contributed by atoms with Gasteiger partial charge in [-0.05, 0) is 32.9 Å². The molecule has 3 rings (SSSR count). The van der Waals surface area contributed by atoms with Gasteiger partial charge in [0.2, 0.25) is 5.88 Å². The molecule has 2 N–H and O–H groups in total. The van der Waals surface area contributed by atoms with Crippen LogP contribution in [0.1, 0.15) is 41.6 Å². The second kappa shape index (κ2) is 7.70. The van der Waals surface area contributed by atoms with Crippen molar-refractivity contribution in [3.63, 3.8) is 0 Å². The number of aromatic nitrogens is 2. The number of ether oxygens (including phenoxy) is 1. The van der Waals surface area contributed by atoms with Crippen molar-refractivity contribution in [2.75, 3.05) is 12.4 Å². The van der Waals surface area contributed by atoms with Crippen LogP contribution in [0.25, 0.3) is 22.2 Å². The van der Waals surface area contributed by atoms with Gasteiger partial charge < -0.3 is 14.5 Å². The maximum atomic E-state index is 12.0. The fourth-order valence-electron chi connectivity index (χ4n) is 2.58. The van der Waals surface area contributed by atoms with Crippen LogP contribution in [0.3, 0.4) is 0 Å². The van der Waals surface area contributed by atoms with Crippen molar-refractivity contribution in [2.45, 2.75) is 26.4 Å². The van der Waals surface area contributed by atoms with E-state index in [1.807, 2.05) is 0 Å². The van der Waals surface area contributed by atoms with Gasteiger partial charge in [-0.1, -0.05) is 6.07 Å². The maximum absolute atomic E-state index is 12.0. The Morgan fingerprint density at radius 2 is 1.86 bits per heavy atom. The Labute approximate surface area is 166 Å². The molecule has 0 aromatic carbocycles. The molecule has 0 aliphatic rings. The first-order valence-electron chi connectivity index (χ1n) is 8.78. The predicted octanol–water partition coefficient (Wildman–Crippen LogP) is 3.41. The quantitative estimate of drug-likeness (QED) is 0.648. The van der Waals surface area contributed by atoms with Crippen LogP contribution in [0, 0.1) is 0 Å². The molecule has 0 aliphatic carbocycles. The summed E-state index contributed by atoms with van der Waals surface area (Å²) < 4.78 is 10.8. The van der Waals surface area contributed by atoms with E-state index in [-0.39, 0.29) is 23.0 Å². The molecule has 9 nitrogen and oxygen atoms in total. The number of aldehydes is 1. The number of hydrogen-bond acceptors (Lipinski definition) is 7. The van der Waals surface area contributed by atoms with Crippen LogP contribution in [0.15, 0.2) is 35.0 Å². The Hall–Kier alpha value is -3.75. The average Bonchev–Trinajstić information content (AvgIpc) is 3.01. The highest BCUT2D eigenvalue weighted by Gasteiger charge is 2.21. The summed E-state index contributed by atoms with van der Waals surface area (Å²) in [6.45, 7) is 5.18. The van der Waals surface area contributed by atoms with E-state index in [0.29, 0.717) is 28.5 Å². The van der Waals surface area contributed by atoms with E-state index in [0.717, 1.165) is 0 Å². The van der Waals surface area contributed by atoms with Gasteiger partial charge in [-0.3, -0.25) is 24.9 Å². The van der Waals surface area contributed by atoms with E-state index in [9.17, 15) is 14.4 Å².